The number of amides is 1. The van der Waals surface area contributed by atoms with Crippen molar-refractivity contribution in [2.24, 2.45) is 11.3 Å². The second kappa shape index (κ2) is 7.84. The van der Waals surface area contributed by atoms with Gasteiger partial charge in [-0.25, -0.2) is 8.42 Å². The summed E-state index contributed by atoms with van der Waals surface area (Å²) in [5.41, 5.74) is 3.32. The summed E-state index contributed by atoms with van der Waals surface area (Å²) in [7, 11) is -1.69. The minimum atomic E-state index is -3.15. The number of likely N-dealkylation sites (tertiary alicyclic amines) is 1. The van der Waals surface area contributed by atoms with Gasteiger partial charge in [0.05, 0.1) is 11.0 Å². The van der Waals surface area contributed by atoms with Gasteiger partial charge in [0.1, 0.15) is 6.61 Å². The van der Waals surface area contributed by atoms with E-state index < -0.39 is 9.84 Å². The summed E-state index contributed by atoms with van der Waals surface area (Å²) in [6, 6.07) is -0.292. The lowest BCUT2D eigenvalue weighted by Gasteiger charge is -2.35. The lowest BCUT2D eigenvalue weighted by atomic mass is 9.71. The molecule has 2 fully saturated rings. The van der Waals surface area contributed by atoms with Gasteiger partial charge in [-0.2, -0.15) is 0 Å². The number of nitrogens with one attached hydrogen (secondary N) is 1. The summed E-state index contributed by atoms with van der Waals surface area (Å²) in [6.45, 7) is 9.12. The van der Waals surface area contributed by atoms with Crippen molar-refractivity contribution in [1.29, 1.82) is 0 Å². The van der Waals surface area contributed by atoms with Gasteiger partial charge in [-0.15, -0.1) is 0 Å². The van der Waals surface area contributed by atoms with Crippen LogP contribution >= 0.6 is 0 Å². The van der Waals surface area contributed by atoms with E-state index in [-0.39, 0.29) is 40.9 Å². The third kappa shape index (κ3) is 4.40. The van der Waals surface area contributed by atoms with Gasteiger partial charge in [0.15, 0.2) is 9.84 Å². The molecular formula is C20H34N2O4S. The van der Waals surface area contributed by atoms with E-state index in [0.717, 1.165) is 19.5 Å². The highest BCUT2D eigenvalue weighted by molar-refractivity contribution is 7.92. The van der Waals surface area contributed by atoms with Crippen molar-refractivity contribution in [2.45, 2.75) is 57.7 Å². The van der Waals surface area contributed by atoms with Gasteiger partial charge in [0.2, 0.25) is 5.91 Å². The summed E-state index contributed by atoms with van der Waals surface area (Å²) in [5, 5.41) is 2.53. The van der Waals surface area contributed by atoms with E-state index in [2.05, 4.69) is 31.0 Å². The number of methoxy groups -OCH3 is 1. The van der Waals surface area contributed by atoms with Crippen LogP contribution in [0, 0.1) is 11.3 Å². The maximum Gasteiger partial charge on any atom is 0.246 e. The summed E-state index contributed by atoms with van der Waals surface area (Å²) in [5.74, 6) is -0.185. The molecule has 7 heteroatoms. The van der Waals surface area contributed by atoms with Gasteiger partial charge >= 0.3 is 0 Å². The number of rotatable bonds is 6. The zero-order valence-electron chi connectivity index (χ0n) is 17.1. The van der Waals surface area contributed by atoms with E-state index >= 15 is 0 Å². The van der Waals surface area contributed by atoms with E-state index in [9.17, 15) is 13.2 Å². The Morgan fingerprint density at radius 2 is 2.07 bits per heavy atom. The first kappa shape index (κ1) is 20.8. The highest BCUT2D eigenvalue weighted by Gasteiger charge is 2.52. The average molecular weight is 399 g/mol. The molecule has 1 amide bonds. The van der Waals surface area contributed by atoms with Crippen molar-refractivity contribution in [3.8, 4) is 0 Å². The van der Waals surface area contributed by atoms with Gasteiger partial charge in [0, 0.05) is 38.7 Å². The number of carbonyl (C=O) groups is 1. The van der Waals surface area contributed by atoms with Crippen molar-refractivity contribution in [3.63, 3.8) is 0 Å². The smallest absolute Gasteiger partial charge is 0.246 e. The molecule has 2 aliphatic heterocycles. The zero-order valence-corrected chi connectivity index (χ0v) is 17.9. The third-order valence-corrected chi connectivity index (χ3v) is 9.01. The molecule has 2 saturated heterocycles. The predicted octanol–water partition coefficient (Wildman–Crippen LogP) is 1.76. The molecule has 3 rings (SSSR count). The minimum absolute atomic E-state index is 0.00903. The van der Waals surface area contributed by atoms with Gasteiger partial charge < -0.3 is 15.0 Å². The van der Waals surface area contributed by atoms with E-state index in [4.69, 9.17) is 4.74 Å². The highest BCUT2D eigenvalue weighted by Crippen LogP contribution is 2.42. The number of allylic oxidation sites excluding steroid dienone is 1. The molecular weight excluding hydrogens is 364 g/mol. The summed E-state index contributed by atoms with van der Waals surface area (Å²) >= 11 is 0. The Hall–Kier alpha value is -0.920. The Balaban J connectivity index is 1.64. The Labute approximate surface area is 163 Å². The molecule has 0 bridgehead atoms. The van der Waals surface area contributed by atoms with Crippen molar-refractivity contribution in [2.75, 3.05) is 39.1 Å². The number of carbonyl (C=O) groups excluding carboxylic acids is 1. The molecule has 0 spiro atoms. The highest BCUT2D eigenvalue weighted by atomic mass is 32.2. The Morgan fingerprint density at radius 1 is 1.33 bits per heavy atom. The van der Waals surface area contributed by atoms with Crippen LogP contribution in [0.25, 0.3) is 0 Å². The number of hydrogen-bond acceptors (Lipinski definition) is 5. The Kier molecular flexibility index (Phi) is 6.04. The Bertz CT molecular complexity index is 713. The molecule has 0 aromatic carbocycles. The first-order chi connectivity index (χ1) is 12.6. The van der Waals surface area contributed by atoms with E-state index in [1.165, 1.54) is 31.9 Å². The van der Waals surface area contributed by atoms with E-state index in [1.54, 1.807) is 5.57 Å². The maximum atomic E-state index is 12.6. The first-order valence-electron chi connectivity index (χ1n) is 10.1. The molecule has 0 radical (unpaired) electrons. The molecule has 0 unspecified atom stereocenters. The van der Waals surface area contributed by atoms with Gasteiger partial charge in [-0.05, 0) is 38.0 Å². The quantitative estimate of drug-likeness (QED) is 0.690. The second-order valence-corrected chi connectivity index (χ2v) is 11.4. The maximum absolute atomic E-state index is 12.6. The van der Waals surface area contributed by atoms with Crippen LogP contribution < -0.4 is 5.32 Å². The third-order valence-electron chi connectivity index (χ3n) is 6.76. The lowest BCUT2D eigenvalue weighted by molar-refractivity contribution is -0.125. The number of sulfone groups is 1. The molecule has 27 heavy (non-hydrogen) atoms. The van der Waals surface area contributed by atoms with Crippen LogP contribution in [0.4, 0.5) is 0 Å². The molecule has 154 valence electrons. The van der Waals surface area contributed by atoms with Crippen LogP contribution in [0.1, 0.15) is 46.5 Å². The van der Waals surface area contributed by atoms with Crippen molar-refractivity contribution >= 4 is 15.7 Å². The molecule has 6 nitrogen and oxygen atoms in total. The fourth-order valence-corrected chi connectivity index (χ4v) is 7.68. The average Bonchev–Trinajstić information content (AvgIpc) is 3.06. The fraction of sp³-hybridized carbons (Fsp3) is 0.850. The van der Waals surface area contributed by atoms with Crippen LogP contribution in [0.3, 0.4) is 0 Å². The lowest BCUT2D eigenvalue weighted by Crippen LogP contribution is -2.43. The van der Waals surface area contributed by atoms with Crippen molar-refractivity contribution < 1.29 is 17.9 Å². The largest absolute Gasteiger partial charge is 0.375 e. The monoisotopic (exact) mass is 398 g/mol. The number of fused-ring (bicyclic) bond motifs is 1. The van der Waals surface area contributed by atoms with Crippen molar-refractivity contribution in [1.82, 2.24) is 10.2 Å². The van der Waals surface area contributed by atoms with Crippen LogP contribution in [-0.2, 0) is 19.4 Å². The fourth-order valence-electron chi connectivity index (χ4n) is 5.35. The molecule has 1 N–H and O–H groups in total. The number of ether oxygens (including phenoxy) is 1. The molecule has 3 aliphatic rings. The number of hydrogen-bond donors (Lipinski definition) is 1. The summed E-state index contributed by atoms with van der Waals surface area (Å²) in [6.07, 6.45) is 4.69. The normalized spacial score (nSPS) is 32.5. The topological polar surface area (TPSA) is 75.7 Å². The second-order valence-electron chi connectivity index (χ2n) is 9.14. The van der Waals surface area contributed by atoms with Gasteiger partial charge in [-0.1, -0.05) is 25.0 Å². The molecule has 0 saturated carbocycles. The predicted molar refractivity (Wildman–Crippen MR) is 106 cm³/mol. The first-order valence-corrected chi connectivity index (χ1v) is 11.8. The van der Waals surface area contributed by atoms with Gasteiger partial charge in [0.25, 0.3) is 0 Å². The van der Waals surface area contributed by atoms with Crippen LogP contribution in [0.5, 0.6) is 0 Å². The molecule has 0 aromatic rings. The number of nitrogens with zero attached hydrogens (tertiary/aromatic N) is 1. The van der Waals surface area contributed by atoms with E-state index in [0.29, 0.717) is 6.54 Å². The van der Waals surface area contributed by atoms with Crippen molar-refractivity contribution in [3.05, 3.63) is 11.1 Å². The molecule has 2 heterocycles. The minimum Gasteiger partial charge on any atom is -0.375 e. The van der Waals surface area contributed by atoms with Crippen LogP contribution in [0.2, 0.25) is 0 Å². The summed E-state index contributed by atoms with van der Waals surface area (Å²) in [4.78, 5) is 14.2. The van der Waals surface area contributed by atoms with Crippen LogP contribution in [-0.4, -0.2) is 69.6 Å². The molecule has 3 atom stereocenters. The van der Waals surface area contributed by atoms with Crippen LogP contribution in [0.15, 0.2) is 11.1 Å². The molecule has 0 aromatic heterocycles. The SMILES string of the molecule is COCC(=O)N[C@@H]1CS(=O)(=O)[C@H]2CN(CCC3=C(C)CCCC3(C)C)C[C@@H]12. The Morgan fingerprint density at radius 3 is 2.74 bits per heavy atom. The van der Waals surface area contributed by atoms with Gasteiger partial charge in [-0.3, -0.25) is 4.79 Å². The zero-order chi connectivity index (χ0) is 19.8. The summed E-state index contributed by atoms with van der Waals surface area (Å²) < 4.78 is 30.0. The molecule has 1 aliphatic carbocycles. The van der Waals surface area contributed by atoms with E-state index in [1.807, 2.05) is 0 Å². The standard InChI is InChI=1S/C20H34N2O4S/c1-14-6-5-8-20(2,3)16(14)7-9-22-10-15-17(21-19(23)12-26-4)13-27(24,25)18(15)11-22/h15,17-18H,5-13H2,1-4H3,(H,21,23)/t15-,17+,18-/m0/s1.